The lowest BCUT2D eigenvalue weighted by Gasteiger charge is -2.29. The average molecular weight is 286 g/mol. The van der Waals surface area contributed by atoms with E-state index in [1.54, 1.807) is 7.11 Å². The van der Waals surface area contributed by atoms with Gasteiger partial charge in [-0.2, -0.15) is 0 Å². The van der Waals surface area contributed by atoms with Gasteiger partial charge in [-0.15, -0.1) is 0 Å². The third-order valence-corrected chi connectivity index (χ3v) is 4.55. The third kappa shape index (κ3) is 3.38. The van der Waals surface area contributed by atoms with Gasteiger partial charge in [0.15, 0.2) is 0 Å². The van der Waals surface area contributed by atoms with Crippen LogP contribution in [0, 0.1) is 11.3 Å². The molecular weight excluding hydrogens is 260 g/mol. The molecule has 2 rings (SSSR count). The maximum absolute atomic E-state index is 10.7. The summed E-state index contributed by atoms with van der Waals surface area (Å²) in [7, 11) is 1.68. The number of aliphatic hydroxyl groups excluding tert-OH is 1. The van der Waals surface area contributed by atoms with E-state index in [1.807, 2.05) is 30.3 Å². The highest BCUT2D eigenvalue weighted by Crippen LogP contribution is 2.37. The fourth-order valence-corrected chi connectivity index (χ4v) is 2.58. The molecule has 2 atom stereocenters. The quantitative estimate of drug-likeness (QED) is 0.861. The van der Waals surface area contributed by atoms with Gasteiger partial charge >= 0.3 is 0 Å². The first-order chi connectivity index (χ1) is 9.84. The van der Waals surface area contributed by atoms with E-state index in [0.717, 1.165) is 28.5 Å². The van der Waals surface area contributed by atoms with Crippen molar-refractivity contribution in [1.82, 2.24) is 0 Å². The standard InChI is InChI=1S/C19H26O2/c1-13(19(2,3)4)12-17(20)15-10-11-18(21-5)16-9-7-6-8-14(15)16/h6-11,13,17,20H,12H2,1-5H3. The summed E-state index contributed by atoms with van der Waals surface area (Å²) in [4.78, 5) is 0. The number of hydrogen-bond donors (Lipinski definition) is 1. The van der Waals surface area contributed by atoms with E-state index < -0.39 is 6.10 Å². The topological polar surface area (TPSA) is 29.5 Å². The molecule has 2 unspecified atom stereocenters. The van der Waals surface area contributed by atoms with Gasteiger partial charge in [0.05, 0.1) is 13.2 Å². The zero-order valence-corrected chi connectivity index (χ0v) is 13.7. The molecule has 0 radical (unpaired) electrons. The average Bonchev–Trinajstić information content (AvgIpc) is 2.44. The lowest BCUT2D eigenvalue weighted by molar-refractivity contribution is 0.112. The van der Waals surface area contributed by atoms with Crippen LogP contribution < -0.4 is 4.74 Å². The summed E-state index contributed by atoms with van der Waals surface area (Å²) in [6.07, 6.45) is 0.315. The third-order valence-electron chi connectivity index (χ3n) is 4.55. The van der Waals surface area contributed by atoms with Crippen molar-refractivity contribution in [3.05, 3.63) is 42.0 Å². The van der Waals surface area contributed by atoms with Crippen LogP contribution in [0.25, 0.3) is 10.8 Å². The molecule has 0 aromatic heterocycles. The smallest absolute Gasteiger partial charge is 0.126 e. The van der Waals surface area contributed by atoms with Crippen LogP contribution in [0.1, 0.15) is 45.8 Å². The van der Waals surface area contributed by atoms with Crippen molar-refractivity contribution in [3.8, 4) is 5.75 Å². The maximum Gasteiger partial charge on any atom is 0.126 e. The molecule has 2 nitrogen and oxygen atoms in total. The Bertz CT molecular complexity index is 610. The maximum atomic E-state index is 10.7. The predicted octanol–water partition coefficient (Wildman–Crippen LogP) is 4.95. The lowest BCUT2D eigenvalue weighted by atomic mass is 9.78. The molecule has 2 aromatic rings. The summed E-state index contributed by atoms with van der Waals surface area (Å²) in [6.45, 7) is 8.86. The number of hydrogen-bond acceptors (Lipinski definition) is 2. The normalized spacial score (nSPS) is 15.0. The summed E-state index contributed by atoms with van der Waals surface area (Å²) in [6, 6.07) is 12.0. The molecule has 0 aliphatic heterocycles. The van der Waals surface area contributed by atoms with E-state index in [0.29, 0.717) is 5.92 Å². The molecule has 1 N–H and O–H groups in total. The van der Waals surface area contributed by atoms with Crippen molar-refractivity contribution < 1.29 is 9.84 Å². The van der Waals surface area contributed by atoms with Crippen LogP contribution in [0.4, 0.5) is 0 Å². The zero-order valence-electron chi connectivity index (χ0n) is 13.7. The van der Waals surface area contributed by atoms with Crippen LogP contribution in [0.15, 0.2) is 36.4 Å². The van der Waals surface area contributed by atoms with Gasteiger partial charge < -0.3 is 9.84 Å². The monoisotopic (exact) mass is 286 g/mol. The van der Waals surface area contributed by atoms with Crippen molar-refractivity contribution in [2.24, 2.45) is 11.3 Å². The number of benzene rings is 2. The van der Waals surface area contributed by atoms with Gasteiger partial charge in [-0.05, 0) is 34.8 Å². The van der Waals surface area contributed by atoms with E-state index >= 15 is 0 Å². The highest BCUT2D eigenvalue weighted by Gasteiger charge is 2.24. The molecule has 0 fully saturated rings. The van der Waals surface area contributed by atoms with Gasteiger partial charge in [-0.3, -0.25) is 0 Å². The molecule has 0 aliphatic rings. The fourth-order valence-electron chi connectivity index (χ4n) is 2.58. The minimum Gasteiger partial charge on any atom is -0.496 e. The second-order valence-corrected chi connectivity index (χ2v) is 6.92. The first kappa shape index (κ1) is 15.8. The molecule has 0 aliphatic carbocycles. The van der Waals surface area contributed by atoms with Gasteiger partial charge in [0.2, 0.25) is 0 Å². The van der Waals surface area contributed by atoms with Crippen LogP contribution in [0.3, 0.4) is 0 Å². The molecule has 0 heterocycles. The molecule has 0 amide bonds. The van der Waals surface area contributed by atoms with Crippen molar-refractivity contribution in [2.75, 3.05) is 7.11 Å². The zero-order chi connectivity index (χ0) is 15.6. The molecule has 2 heteroatoms. The highest BCUT2D eigenvalue weighted by atomic mass is 16.5. The Labute approximate surface area is 127 Å². The highest BCUT2D eigenvalue weighted by molar-refractivity contribution is 5.91. The number of methoxy groups -OCH3 is 1. The van der Waals surface area contributed by atoms with Gasteiger partial charge in [0.25, 0.3) is 0 Å². The number of aliphatic hydroxyl groups is 1. The van der Waals surface area contributed by atoms with Crippen LogP contribution in [0.5, 0.6) is 5.75 Å². The lowest BCUT2D eigenvalue weighted by Crippen LogP contribution is -2.19. The van der Waals surface area contributed by atoms with Crippen LogP contribution in [-0.2, 0) is 0 Å². The SMILES string of the molecule is COc1ccc(C(O)CC(C)C(C)(C)C)c2ccccc12. The largest absolute Gasteiger partial charge is 0.496 e. The molecule has 0 saturated heterocycles. The van der Waals surface area contributed by atoms with E-state index in [9.17, 15) is 5.11 Å². The minimum absolute atomic E-state index is 0.198. The Morgan fingerprint density at radius 1 is 1.05 bits per heavy atom. The second kappa shape index (κ2) is 6.07. The van der Waals surface area contributed by atoms with Crippen LogP contribution >= 0.6 is 0 Å². The summed E-state index contributed by atoms with van der Waals surface area (Å²) >= 11 is 0. The van der Waals surface area contributed by atoms with E-state index in [1.165, 1.54) is 0 Å². The molecule has 0 saturated carbocycles. The van der Waals surface area contributed by atoms with Crippen molar-refractivity contribution in [1.29, 1.82) is 0 Å². The van der Waals surface area contributed by atoms with Crippen molar-refractivity contribution in [3.63, 3.8) is 0 Å². The minimum atomic E-state index is -0.449. The Morgan fingerprint density at radius 2 is 1.67 bits per heavy atom. The van der Waals surface area contributed by atoms with Crippen molar-refractivity contribution >= 4 is 10.8 Å². The predicted molar refractivity (Wildman–Crippen MR) is 88.7 cm³/mol. The van der Waals surface area contributed by atoms with E-state index in [2.05, 4.69) is 33.8 Å². The van der Waals surface area contributed by atoms with Gasteiger partial charge in [-0.25, -0.2) is 0 Å². The number of rotatable bonds is 4. The van der Waals surface area contributed by atoms with Crippen LogP contribution in [-0.4, -0.2) is 12.2 Å². The summed E-state index contributed by atoms with van der Waals surface area (Å²) < 4.78 is 5.42. The first-order valence-electron chi connectivity index (χ1n) is 7.58. The second-order valence-electron chi connectivity index (χ2n) is 6.92. The van der Waals surface area contributed by atoms with Gasteiger partial charge in [0.1, 0.15) is 5.75 Å². The molecule has 0 bridgehead atoms. The van der Waals surface area contributed by atoms with Crippen LogP contribution in [0.2, 0.25) is 0 Å². The Hall–Kier alpha value is -1.54. The Balaban J connectivity index is 2.38. The molecule has 114 valence electrons. The Morgan fingerprint density at radius 3 is 2.24 bits per heavy atom. The first-order valence-corrected chi connectivity index (χ1v) is 7.58. The van der Waals surface area contributed by atoms with Gasteiger partial charge in [0, 0.05) is 5.39 Å². The summed E-state index contributed by atoms with van der Waals surface area (Å²) in [5, 5.41) is 12.8. The van der Waals surface area contributed by atoms with Crippen molar-refractivity contribution in [2.45, 2.75) is 40.2 Å². The van der Waals surface area contributed by atoms with E-state index in [4.69, 9.17) is 4.74 Å². The molecular formula is C19H26O2. The molecule has 0 spiro atoms. The summed E-state index contributed by atoms with van der Waals surface area (Å²) in [5.41, 5.74) is 1.19. The molecule has 21 heavy (non-hydrogen) atoms. The Kier molecular flexibility index (Phi) is 4.58. The molecule has 2 aromatic carbocycles. The van der Waals surface area contributed by atoms with Gasteiger partial charge in [-0.1, -0.05) is 58.0 Å². The fraction of sp³-hybridized carbons (Fsp3) is 0.474. The number of ether oxygens (including phenoxy) is 1. The number of fused-ring (bicyclic) bond motifs is 1. The van der Waals surface area contributed by atoms with E-state index in [-0.39, 0.29) is 5.41 Å². The summed E-state index contributed by atoms with van der Waals surface area (Å²) in [5.74, 6) is 1.29.